The number of methoxy groups -OCH3 is 2. The number of hydrogen-bond acceptors (Lipinski definition) is 8. The summed E-state index contributed by atoms with van der Waals surface area (Å²) in [7, 11) is 2.89. The second-order valence-corrected chi connectivity index (χ2v) is 16.8. The fraction of sp³-hybridized carbons (Fsp3) is 0.323. The molecule has 0 radical (unpaired) electrons. The van der Waals surface area contributed by atoms with Crippen LogP contribution in [-0.4, -0.2) is 37.7 Å². The number of ketones is 2. The number of unbranched alkanes of at least 4 members (excludes halogenated alkanes) is 14. The highest BCUT2D eigenvalue weighted by Crippen LogP contribution is 2.33. The monoisotopic (exact) mass is 989 g/mol. The molecule has 0 saturated carbocycles. The van der Waals surface area contributed by atoms with Gasteiger partial charge in [-0.25, -0.2) is 9.59 Å². The van der Waals surface area contributed by atoms with Gasteiger partial charge in [0.1, 0.15) is 0 Å². The predicted molar refractivity (Wildman–Crippen MR) is 305 cm³/mol. The van der Waals surface area contributed by atoms with Gasteiger partial charge in [-0.15, -0.1) is 0 Å². The van der Waals surface area contributed by atoms with Gasteiger partial charge >= 0.3 is 11.9 Å². The number of carbonyl (C=O) groups excluding carboxylic acids is 4. The molecule has 388 valence electrons. The molecule has 8 heteroatoms. The first-order chi connectivity index (χ1) is 35.8. The van der Waals surface area contributed by atoms with E-state index in [9.17, 15) is 19.2 Å². The quantitative estimate of drug-likeness (QED) is 0.0164. The second kappa shape index (κ2) is 43.5. The summed E-state index contributed by atoms with van der Waals surface area (Å²) in [5.41, 5.74) is 0.801. The average molecular weight is 989 g/mol. The van der Waals surface area contributed by atoms with Gasteiger partial charge in [-0.2, -0.15) is 0 Å². The molecule has 0 aliphatic heterocycles. The van der Waals surface area contributed by atoms with Gasteiger partial charge in [0.15, 0.2) is 34.6 Å². The van der Waals surface area contributed by atoms with Crippen LogP contribution in [0, 0.1) is 0 Å². The van der Waals surface area contributed by atoms with E-state index in [0.717, 1.165) is 12.8 Å². The number of para-hydroxylation sites is 2. The molecule has 0 amide bonds. The lowest BCUT2D eigenvalue weighted by Gasteiger charge is -2.11. The molecular weight excluding hydrogens is 909 g/mol. The Morgan fingerprint density at radius 3 is 1.04 bits per heavy atom. The lowest BCUT2D eigenvalue weighted by molar-refractivity contribution is -0.130. The van der Waals surface area contributed by atoms with Gasteiger partial charge < -0.3 is 18.9 Å². The predicted octanol–water partition coefficient (Wildman–Crippen LogP) is 16.7. The molecular formula is C65H80O8. The van der Waals surface area contributed by atoms with Crippen LogP contribution in [0.2, 0.25) is 0 Å². The van der Waals surface area contributed by atoms with E-state index in [0.29, 0.717) is 11.1 Å². The van der Waals surface area contributed by atoms with Crippen LogP contribution in [-0.2, 0) is 19.2 Å². The molecule has 0 unspecified atom stereocenters. The van der Waals surface area contributed by atoms with Crippen LogP contribution < -0.4 is 18.9 Å². The number of hydrogen-bond donors (Lipinski definition) is 0. The lowest BCUT2D eigenvalue weighted by atomic mass is 10.1. The van der Waals surface area contributed by atoms with Gasteiger partial charge in [0.05, 0.1) is 20.6 Å². The van der Waals surface area contributed by atoms with Crippen LogP contribution in [0.3, 0.4) is 0 Å². The molecule has 2 aromatic rings. The largest absolute Gasteiger partial charge is 0.493 e. The summed E-state index contributed by atoms with van der Waals surface area (Å²) in [6, 6.07) is 9.96. The van der Waals surface area contributed by atoms with Crippen molar-refractivity contribution in [3.63, 3.8) is 0 Å². The van der Waals surface area contributed by atoms with E-state index in [1.807, 2.05) is 72.9 Å². The summed E-state index contributed by atoms with van der Waals surface area (Å²) in [5, 5.41) is 0. The van der Waals surface area contributed by atoms with Gasteiger partial charge in [0, 0.05) is 23.3 Å². The molecule has 8 nitrogen and oxygen atoms in total. The number of rotatable bonds is 38. The molecule has 0 bridgehead atoms. The molecule has 0 fully saturated rings. The third-order valence-corrected chi connectivity index (χ3v) is 10.8. The normalized spacial score (nSPS) is 12.8. The highest BCUT2D eigenvalue weighted by Gasteiger charge is 2.15. The summed E-state index contributed by atoms with van der Waals surface area (Å²) in [4.78, 5) is 51.3. The van der Waals surface area contributed by atoms with Gasteiger partial charge in [0.2, 0.25) is 0 Å². The summed E-state index contributed by atoms with van der Waals surface area (Å²) < 4.78 is 22.1. The maximum Gasteiger partial charge on any atom is 0.336 e. The SMILES string of the molecule is CCCCCCCCC/C=C/C=C/C=C/C=C\C=C\C=C\C(=O)Oc1c(/C=C\C(=O)CC(=O)/C=C/c2cccc(OC)c2OC(=O)/C=C/C=C/C=C/C=C/C=C/C=C/CCCCCCCCC)cccc1OC. The first-order valence-electron chi connectivity index (χ1n) is 26.0. The van der Waals surface area contributed by atoms with Gasteiger partial charge in [-0.3, -0.25) is 9.59 Å². The minimum Gasteiger partial charge on any atom is -0.493 e. The molecule has 0 spiro atoms. The van der Waals surface area contributed by atoms with E-state index in [1.54, 1.807) is 72.9 Å². The van der Waals surface area contributed by atoms with Gasteiger partial charge in [0.25, 0.3) is 0 Å². The van der Waals surface area contributed by atoms with Crippen LogP contribution in [0.25, 0.3) is 12.2 Å². The van der Waals surface area contributed by atoms with Crippen LogP contribution >= 0.6 is 0 Å². The van der Waals surface area contributed by atoms with Crippen molar-refractivity contribution in [1.82, 2.24) is 0 Å². The Kier molecular flexibility index (Phi) is 36.8. The third-order valence-electron chi connectivity index (χ3n) is 10.8. The first-order valence-corrected chi connectivity index (χ1v) is 26.0. The molecule has 0 aromatic heterocycles. The van der Waals surface area contributed by atoms with Crippen molar-refractivity contribution in [2.24, 2.45) is 0 Å². The Morgan fingerprint density at radius 2 is 0.699 bits per heavy atom. The highest BCUT2D eigenvalue weighted by molar-refractivity contribution is 6.11. The fourth-order valence-electron chi connectivity index (χ4n) is 6.88. The van der Waals surface area contributed by atoms with E-state index in [1.165, 1.54) is 141 Å². The zero-order valence-electron chi connectivity index (χ0n) is 43.9. The van der Waals surface area contributed by atoms with Gasteiger partial charge in [-0.1, -0.05) is 249 Å². The van der Waals surface area contributed by atoms with Crippen molar-refractivity contribution in [2.45, 2.75) is 123 Å². The number of esters is 2. The molecule has 0 saturated heterocycles. The molecule has 0 aliphatic rings. The van der Waals surface area contributed by atoms with E-state index in [4.69, 9.17) is 18.9 Å². The van der Waals surface area contributed by atoms with E-state index in [-0.39, 0.29) is 23.0 Å². The second-order valence-electron chi connectivity index (χ2n) is 16.8. The van der Waals surface area contributed by atoms with Crippen molar-refractivity contribution >= 4 is 35.7 Å². The smallest absolute Gasteiger partial charge is 0.336 e. The Morgan fingerprint density at radius 1 is 0.384 bits per heavy atom. The van der Waals surface area contributed by atoms with Crippen molar-refractivity contribution in [2.75, 3.05) is 14.2 Å². The fourth-order valence-corrected chi connectivity index (χ4v) is 6.88. The van der Waals surface area contributed by atoms with Crippen LogP contribution in [0.4, 0.5) is 0 Å². The van der Waals surface area contributed by atoms with Crippen LogP contribution in [0.1, 0.15) is 134 Å². The third kappa shape index (κ3) is 32.3. The summed E-state index contributed by atoms with van der Waals surface area (Å²) >= 11 is 0. The Hall–Kier alpha value is -7.32. The van der Waals surface area contributed by atoms with Crippen molar-refractivity contribution < 1.29 is 38.1 Å². The van der Waals surface area contributed by atoms with Crippen LogP contribution in [0.15, 0.2) is 194 Å². The van der Waals surface area contributed by atoms with Gasteiger partial charge in [-0.05, 0) is 62.1 Å². The topological polar surface area (TPSA) is 105 Å². The zero-order valence-corrected chi connectivity index (χ0v) is 43.9. The molecule has 73 heavy (non-hydrogen) atoms. The number of allylic oxidation sites excluding steroid dienone is 24. The summed E-state index contributed by atoms with van der Waals surface area (Å²) in [6.07, 6.45) is 70.1. The summed E-state index contributed by atoms with van der Waals surface area (Å²) in [6.45, 7) is 4.49. The molecule has 0 heterocycles. The molecule has 0 aliphatic carbocycles. The van der Waals surface area contributed by atoms with Crippen molar-refractivity contribution in [3.05, 3.63) is 206 Å². The Balaban J connectivity index is 1.86. The van der Waals surface area contributed by atoms with E-state index < -0.39 is 29.9 Å². The van der Waals surface area contributed by atoms with E-state index >= 15 is 0 Å². The zero-order chi connectivity index (χ0) is 52.7. The van der Waals surface area contributed by atoms with Crippen molar-refractivity contribution in [3.8, 4) is 23.0 Å². The van der Waals surface area contributed by atoms with Crippen LogP contribution in [0.5, 0.6) is 23.0 Å². The average Bonchev–Trinajstić information content (AvgIpc) is 3.39. The molecule has 0 atom stereocenters. The maximum absolute atomic E-state index is 12.9. The number of carbonyl (C=O) groups is 4. The van der Waals surface area contributed by atoms with Crippen molar-refractivity contribution in [1.29, 1.82) is 0 Å². The standard InChI is InChI=1S/C65H80O8/c1-5-7-9-11-13-15-17-19-21-23-25-27-29-31-33-35-37-39-41-49-62(68)72-64-56(45-43-47-60(64)70-3)51-53-58(66)55-59(67)54-52-57-46-44-48-61(71-4)65(57)73-63(69)50-42-40-38-36-34-32-30-28-26-24-22-20-18-16-14-12-10-8-6-2/h21-54H,5-20,55H2,1-4H3/b23-21+,24-22+,27-25+,28-26+,31-29+,32-30+,35-33-,36-34+,39-37+,40-38+,49-41+,50-42+,53-51-,54-52+. The minimum absolute atomic E-state index is 0.122. The molecule has 2 aromatic carbocycles. The molecule has 2 rings (SSSR count). The minimum atomic E-state index is -0.646. The molecule has 0 N–H and O–H groups in total. The Labute approximate surface area is 437 Å². The first kappa shape index (κ1) is 61.8. The lowest BCUT2D eigenvalue weighted by Crippen LogP contribution is -2.07. The highest BCUT2D eigenvalue weighted by atomic mass is 16.6. The summed E-state index contributed by atoms with van der Waals surface area (Å²) in [5.74, 6) is -1.44. The van der Waals surface area contributed by atoms with E-state index in [2.05, 4.69) is 38.2 Å². The number of ether oxygens (including phenoxy) is 4. The number of benzene rings is 2. The Bertz CT molecular complexity index is 2190. The maximum atomic E-state index is 12.9.